The van der Waals surface area contributed by atoms with Gasteiger partial charge in [0.1, 0.15) is 16.5 Å². The number of benzene rings is 2. The number of rotatable bonds is 5. The van der Waals surface area contributed by atoms with Crippen LogP contribution in [0.5, 0.6) is 0 Å². The third-order valence-electron chi connectivity index (χ3n) is 3.97. The Balaban J connectivity index is 1.67. The molecule has 1 aliphatic heterocycles. The minimum atomic E-state index is -0.484. The second kappa shape index (κ2) is 7.77. The number of aliphatic imine (C=N–C) groups is 2. The monoisotopic (exact) mass is 384 g/mol. The molecule has 2 aromatic rings. The highest BCUT2D eigenvalue weighted by Gasteiger charge is 2.28. The summed E-state index contributed by atoms with van der Waals surface area (Å²) in [6.07, 6.45) is 0.401. The van der Waals surface area contributed by atoms with Crippen molar-refractivity contribution in [2.75, 3.05) is 5.75 Å². The number of thioether (sulfide) groups is 1. The van der Waals surface area contributed by atoms with Gasteiger partial charge in [-0.15, -0.1) is 0 Å². The molecule has 0 spiro atoms. The highest BCUT2D eigenvalue weighted by molar-refractivity contribution is 8.16. The minimum absolute atomic E-state index is 0.160. The van der Waals surface area contributed by atoms with Gasteiger partial charge in [0.2, 0.25) is 0 Å². The Morgan fingerprint density at radius 1 is 1.04 bits per heavy atom. The van der Waals surface area contributed by atoms with Gasteiger partial charge >= 0.3 is 0 Å². The van der Waals surface area contributed by atoms with E-state index in [1.165, 1.54) is 17.3 Å². The van der Waals surface area contributed by atoms with Crippen LogP contribution in [0.25, 0.3) is 0 Å². The molecule has 2 aromatic carbocycles. The van der Waals surface area contributed by atoms with E-state index in [4.69, 9.17) is 21.6 Å². The first-order valence-corrected chi connectivity index (χ1v) is 9.85. The van der Waals surface area contributed by atoms with Gasteiger partial charge in [-0.25, -0.2) is 4.99 Å². The topological polar surface area (TPSA) is 41.8 Å². The van der Waals surface area contributed by atoms with Crippen molar-refractivity contribution in [2.45, 2.75) is 32.9 Å². The summed E-state index contributed by atoms with van der Waals surface area (Å²) in [5.74, 6) is 0.538. The van der Waals surface area contributed by atoms with Crippen molar-refractivity contribution in [3.63, 3.8) is 0 Å². The lowest BCUT2D eigenvalue weighted by Crippen LogP contribution is -2.13. The summed E-state index contributed by atoms with van der Waals surface area (Å²) in [6, 6.07) is 15.6. The van der Waals surface area contributed by atoms with Crippen molar-refractivity contribution in [2.24, 2.45) is 9.98 Å². The summed E-state index contributed by atoms with van der Waals surface area (Å²) in [7, 11) is 0. The summed E-state index contributed by atoms with van der Waals surface area (Å²) >= 11 is 7.36. The average molecular weight is 385 g/mol. The normalized spacial score (nSPS) is 15.5. The number of carbonyl (C=O) groups is 1. The summed E-state index contributed by atoms with van der Waals surface area (Å²) < 4.78 is 0. The molecule has 134 valence electrons. The number of hydrogen-bond acceptors (Lipinski definition) is 4. The van der Waals surface area contributed by atoms with Crippen LogP contribution in [-0.2, 0) is 11.2 Å². The maximum absolute atomic E-state index is 12.4. The molecule has 0 saturated carbocycles. The molecule has 0 bridgehead atoms. The Hall–Kier alpha value is -1.91. The second-order valence-corrected chi connectivity index (χ2v) is 8.27. The largest absolute Gasteiger partial charge is 0.298 e. The molecule has 0 N–H and O–H groups in total. The summed E-state index contributed by atoms with van der Waals surface area (Å²) in [5, 5.41) is 1.51. The number of Topliss-reactive ketones (excluding diaryl/α,β-unsaturated/α-hetero) is 1. The van der Waals surface area contributed by atoms with Crippen LogP contribution >= 0.6 is 23.4 Å². The van der Waals surface area contributed by atoms with Crippen molar-refractivity contribution < 1.29 is 4.79 Å². The van der Waals surface area contributed by atoms with E-state index in [2.05, 4.69) is 31.2 Å². The Bertz CT molecular complexity index is 868. The van der Waals surface area contributed by atoms with Crippen LogP contribution in [0.1, 0.15) is 30.5 Å². The lowest BCUT2D eigenvalue weighted by Gasteiger charge is -2.07. The fraction of sp³-hybridized carbons (Fsp3) is 0.286. The van der Waals surface area contributed by atoms with Gasteiger partial charge in [-0.3, -0.25) is 9.79 Å². The molecule has 1 aliphatic rings. The van der Waals surface area contributed by atoms with Crippen molar-refractivity contribution in [1.29, 1.82) is 0 Å². The van der Waals surface area contributed by atoms with E-state index in [0.717, 1.165) is 21.9 Å². The molecule has 0 atom stereocenters. The van der Waals surface area contributed by atoms with Crippen LogP contribution in [-0.4, -0.2) is 28.0 Å². The predicted octanol–water partition coefficient (Wildman–Crippen LogP) is 5.13. The van der Waals surface area contributed by atoms with Crippen molar-refractivity contribution in [3.8, 4) is 0 Å². The van der Waals surface area contributed by atoms with Gasteiger partial charge in [-0.05, 0) is 38.5 Å². The van der Waals surface area contributed by atoms with Crippen LogP contribution in [0, 0.1) is 6.92 Å². The Labute approximate surface area is 163 Å². The van der Waals surface area contributed by atoms with Crippen molar-refractivity contribution in [1.82, 2.24) is 0 Å². The third kappa shape index (κ3) is 4.83. The standard InChI is InChI=1S/C21H21ClN2OS/c1-14-4-8-16(9-5-14)19-20(24-21(2,3)23-19)26-13-18(25)12-15-6-10-17(22)11-7-15/h4-11H,12-13H2,1-3H3. The number of halogens is 1. The molecule has 3 rings (SSSR count). The lowest BCUT2D eigenvalue weighted by molar-refractivity contribution is -0.115. The molecule has 0 aliphatic carbocycles. The maximum Gasteiger partial charge on any atom is 0.147 e. The molecule has 0 amide bonds. The molecule has 1 heterocycles. The van der Waals surface area contributed by atoms with Crippen LogP contribution in [0.2, 0.25) is 5.02 Å². The zero-order valence-electron chi connectivity index (χ0n) is 15.1. The molecule has 0 fully saturated rings. The molecule has 3 nitrogen and oxygen atoms in total. The molecule has 0 aromatic heterocycles. The highest BCUT2D eigenvalue weighted by atomic mass is 35.5. The first kappa shape index (κ1) is 18.9. The zero-order chi connectivity index (χ0) is 18.7. The van der Waals surface area contributed by atoms with E-state index >= 15 is 0 Å². The number of ketones is 1. The zero-order valence-corrected chi connectivity index (χ0v) is 16.7. The van der Waals surface area contributed by atoms with Gasteiger partial charge in [0.15, 0.2) is 0 Å². The first-order valence-electron chi connectivity index (χ1n) is 8.48. The molecule has 0 unspecified atom stereocenters. The van der Waals surface area contributed by atoms with Gasteiger partial charge in [-0.2, -0.15) is 0 Å². The third-order valence-corrected chi connectivity index (χ3v) is 5.25. The van der Waals surface area contributed by atoms with Gasteiger partial charge in [-0.1, -0.05) is 65.3 Å². The summed E-state index contributed by atoms with van der Waals surface area (Å²) in [4.78, 5) is 21.8. The Morgan fingerprint density at radius 2 is 1.69 bits per heavy atom. The van der Waals surface area contributed by atoms with E-state index in [0.29, 0.717) is 17.2 Å². The van der Waals surface area contributed by atoms with E-state index in [1.807, 2.05) is 38.1 Å². The van der Waals surface area contributed by atoms with E-state index < -0.39 is 5.66 Å². The predicted molar refractivity (Wildman–Crippen MR) is 112 cm³/mol. The van der Waals surface area contributed by atoms with Gasteiger partial charge < -0.3 is 0 Å². The van der Waals surface area contributed by atoms with Gasteiger partial charge in [0, 0.05) is 17.0 Å². The van der Waals surface area contributed by atoms with Crippen LogP contribution < -0.4 is 0 Å². The molecular weight excluding hydrogens is 364 g/mol. The average Bonchev–Trinajstić information content (AvgIpc) is 2.91. The maximum atomic E-state index is 12.4. The van der Waals surface area contributed by atoms with Gasteiger partial charge in [0.25, 0.3) is 0 Å². The Morgan fingerprint density at radius 3 is 2.35 bits per heavy atom. The lowest BCUT2D eigenvalue weighted by atomic mass is 10.1. The molecule has 0 saturated heterocycles. The van der Waals surface area contributed by atoms with Crippen LogP contribution in [0.3, 0.4) is 0 Å². The number of aryl methyl sites for hydroxylation is 1. The molecule has 0 radical (unpaired) electrons. The van der Waals surface area contributed by atoms with Crippen molar-refractivity contribution >= 4 is 39.9 Å². The van der Waals surface area contributed by atoms with Crippen LogP contribution in [0.15, 0.2) is 58.5 Å². The first-order chi connectivity index (χ1) is 12.3. The highest BCUT2D eigenvalue weighted by Crippen LogP contribution is 2.27. The molecular formula is C21H21ClN2OS. The van der Waals surface area contributed by atoms with E-state index in [1.54, 1.807) is 0 Å². The smallest absolute Gasteiger partial charge is 0.147 e. The Kier molecular flexibility index (Phi) is 5.64. The number of carbonyl (C=O) groups excluding carboxylic acids is 1. The summed E-state index contributed by atoms with van der Waals surface area (Å²) in [5.41, 5.74) is 3.61. The number of hydrogen-bond donors (Lipinski definition) is 0. The van der Waals surface area contributed by atoms with Crippen molar-refractivity contribution in [3.05, 3.63) is 70.2 Å². The molecule has 5 heteroatoms. The second-order valence-electron chi connectivity index (χ2n) is 6.87. The minimum Gasteiger partial charge on any atom is -0.298 e. The van der Waals surface area contributed by atoms with E-state index in [9.17, 15) is 4.79 Å². The van der Waals surface area contributed by atoms with Gasteiger partial charge in [0.05, 0.1) is 11.5 Å². The fourth-order valence-electron chi connectivity index (χ4n) is 2.68. The SMILES string of the molecule is Cc1ccc(C2=NC(C)(C)N=C2SCC(=O)Cc2ccc(Cl)cc2)cc1. The van der Waals surface area contributed by atoms with Crippen LogP contribution in [0.4, 0.5) is 0 Å². The molecule has 26 heavy (non-hydrogen) atoms. The summed E-state index contributed by atoms with van der Waals surface area (Å²) in [6.45, 7) is 6.01. The van der Waals surface area contributed by atoms with E-state index in [-0.39, 0.29) is 5.78 Å². The fourth-order valence-corrected chi connectivity index (χ4v) is 3.79. The quantitative estimate of drug-likeness (QED) is 0.716. The number of nitrogens with zero attached hydrogens (tertiary/aromatic N) is 2.